The van der Waals surface area contributed by atoms with E-state index in [1.54, 1.807) is 0 Å². The van der Waals surface area contributed by atoms with Crippen molar-refractivity contribution >= 4 is 5.91 Å². The van der Waals surface area contributed by atoms with Gasteiger partial charge in [-0.3, -0.25) is 4.79 Å². The Hall–Kier alpha value is -0.610. The van der Waals surface area contributed by atoms with Gasteiger partial charge < -0.3 is 15.4 Å². The lowest BCUT2D eigenvalue weighted by Gasteiger charge is -2.44. The minimum Gasteiger partial charge on any atom is -0.364 e. The van der Waals surface area contributed by atoms with Gasteiger partial charge in [-0.1, -0.05) is 19.3 Å². The summed E-state index contributed by atoms with van der Waals surface area (Å²) < 4.78 is 5.67. The average Bonchev–Trinajstić information content (AvgIpc) is 2.34. The molecule has 2 rings (SSSR count). The Kier molecular flexibility index (Phi) is 4.05. The third kappa shape index (κ3) is 2.99. The van der Waals surface area contributed by atoms with Crippen molar-refractivity contribution in [3.8, 4) is 0 Å². The maximum absolute atomic E-state index is 12.0. The number of hydrogen-bond acceptors (Lipinski definition) is 3. The first-order valence-electron chi connectivity index (χ1n) is 6.78. The zero-order chi connectivity index (χ0) is 12.3. The van der Waals surface area contributed by atoms with Crippen LogP contribution in [0, 0.1) is 0 Å². The Bertz CT molecular complexity index is 277. The van der Waals surface area contributed by atoms with E-state index in [9.17, 15) is 4.79 Å². The van der Waals surface area contributed by atoms with E-state index in [1.807, 2.05) is 0 Å². The standard InChI is InChI=1S/C13H24N2O2/c1-13(7-8-14)10-15(12(16)9-17-13)11-5-3-2-4-6-11/h11H,2-10,14H2,1H3. The molecule has 1 atom stereocenters. The molecule has 4 nitrogen and oxygen atoms in total. The second kappa shape index (κ2) is 5.36. The van der Waals surface area contributed by atoms with E-state index < -0.39 is 0 Å². The topological polar surface area (TPSA) is 55.6 Å². The van der Waals surface area contributed by atoms with Crippen LogP contribution in [0.4, 0.5) is 0 Å². The average molecular weight is 240 g/mol. The number of carbonyl (C=O) groups excluding carboxylic acids is 1. The van der Waals surface area contributed by atoms with Crippen LogP contribution in [0.5, 0.6) is 0 Å². The van der Waals surface area contributed by atoms with E-state index in [0.29, 0.717) is 19.1 Å². The van der Waals surface area contributed by atoms with Crippen molar-refractivity contribution in [2.45, 2.75) is 57.1 Å². The molecule has 17 heavy (non-hydrogen) atoms. The first-order chi connectivity index (χ1) is 8.14. The molecule has 98 valence electrons. The summed E-state index contributed by atoms with van der Waals surface area (Å²) in [5, 5.41) is 0. The van der Waals surface area contributed by atoms with E-state index >= 15 is 0 Å². The highest BCUT2D eigenvalue weighted by molar-refractivity contribution is 5.78. The van der Waals surface area contributed by atoms with Crippen molar-refractivity contribution in [2.75, 3.05) is 19.7 Å². The van der Waals surface area contributed by atoms with Gasteiger partial charge in [0.05, 0.1) is 5.60 Å². The van der Waals surface area contributed by atoms with Crippen LogP contribution in [0.1, 0.15) is 45.4 Å². The summed E-state index contributed by atoms with van der Waals surface area (Å²) in [6.07, 6.45) is 6.96. The van der Waals surface area contributed by atoms with E-state index in [1.165, 1.54) is 19.3 Å². The third-order valence-corrected chi connectivity index (χ3v) is 4.06. The molecule has 1 heterocycles. The third-order valence-electron chi connectivity index (χ3n) is 4.06. The normalized spacial score (nSPS) is 31.9. The van der Waals surface area contributed by atoms with Crippen molar-refractivity contribution in [1.29, 1.82) is 0 Å². The summed E-state index contributed by atoms with van der Waals surface area (Å²) in [5.74, 6) is 0.159. The molecule has 2 N–H and O–H groups in total. The Morgan fingerprint density at radius 1 is 1.41 bits per heavy atom. The molecule has 0 aromatic carbocycles. The van der Waals surface area contributed by atoms with Crippen LogP contribution in [0.25, 0.3) is 0 Å². The van der Waals surface area contributed by atoms with Crippen LogP contribution in [0.3, 0.4) is 0 Å². The second-order valence-corrected chi connectivity index (χ2v) is 5.59. The van der Waals surface area contributed by atoms with Gasteiger partial charge in [-0.05, 0) is 32.7 Å². The predicted octanol–water partition coefficient (Wildman–Crippen LogP) is 1.29. The molecule has 2 aliphatic rings. The van der Waals surface area contributed by atoms with Crippen molar-refractivity contribution in [3.05, 3.63) is 0 Å². The van der Waals surface area contributed by atoms with E-state index in [0.717, 1.165) is 19.3 Å². The Morgan fingerprint density at radius 3 is 2.76 bits per heavy atom. The highest BCUT2D eigenvalue weighted by atomic mass is 16.5. The molecule has 1 aliphatic heterocycles. The summed E-state index contributed by atoms with van der Waals surface area (Å²) in [6.45, 7) is 3.63. The number of ether oxygens (including phenoxy) is 1. The fraction of sp³-hybridized carbons (Fsp3) is 0.923. The van der Waals surface area contributed by atoms with Crippen LogP contribution in [-0.4, -0.2) is 42.1 Å². The van der Waals surface area contributed by atoms with Crippen molar-refractivity contribution in [3.63, 3.8) is 0 Å². The highest BCUT2D eigenvalue weighted by Gasteiger charge is 2.38. The molecule has 1 aliphatic carbocycles. The van der Waals surface area contributed by atoms with Crippen molar-refractivity contribution in [1.82, 2.24) is 4.90 Å². The van der Waals surface area contributed by atoms with Gasteiger partial charge in [0, 0.05) is 12.6 Å². The Morgan fingerprint density at radius 2 is 2.12 bits per heavy atom. The molecule has 1 amide bonds. The number of carbonyl (C=O) groups is 1. The molecular formula is C13H24N2O2. The van der Waals surface area contributed by atoms with Gasteiger partial charge in [0.1, 0.15) is 6.61 Å². The zero-order valence-electron chi connectivity index (χ0n) is 10.8. The van der Waals surface area contributed by atoms with E-state index in [4.69, 9.17) is 10.5 Å². The predicted molar refractivity (Wildman–Crippen MR) is 66.6 cm³/mol. The van der Waals surface area contributed by atoms with E-state index in [2.05, 4.69) is 11.8 Å². The number of rotatable bonds is 3. The summed E-state index contributed by atoms with van der Waals surface area (Å²) in [4.78, 5) is 14.0. The lowest BCUT2D eigenvalue weighted by Crippen LogP contribution is -2.57. The fourth-order valence-corrected chi connectivity index (χ4v) is 3.00. The molecule has 0 aromatic rings. The van der Waals surface area contributed by atoms with Gasteiger partial charge >= 0.3 is 0 Å². The summed E-state index contributed by atoms with van der Waals surface area (Å²) in [7, 11) is 0. The second-order valence-electron chi connectivity index (χ2n) is 5.59. The van der Waals surface area contributed by atoms with Gasteiger partial charge in [0.15, 0.2) is 0 Å². The summed E-state index contributed by atoms with van der Waals surface area (Å²) in [6, 6.07) is 0.442. The Labute approximate surface area is 103 Å². The molecular weight excluding hydrogens is 216 g/mol. The van der Waals surface area contributed by atoms with Crippen LogP contribution in [0.15, 0.2) is 0 Å². The fourth-order valence-electron chi connectivity index (χ4n) is 3.00. The highest BCUT2D eigenvalue weighted by Crippen LogP contribution is 2.28. The summed E-state index contributed by atoms with van der Waals surface area (Å²) >= 11 is 0. The maximum atomic E-state index is 12.0. The quantitative estimate of drug-likeness (QED) is 0.808. The first-order valence-corrected chi connectivity index (χ1v) is 6.78. The van der Waals surface area contributed by atoms with Gasteiger partial charge in [-0.25, -0.2) is 0 Å². The Balaban J connectivity index is 2.01. The first kappa shape index (κ1) is 12.8. The zero-order valence-corrected chi connectivity index (χ0v) is 10.8. The molecule has 0 aromatic heterocycles. The van der Waals surface area contributed by atoms with Crippen LogP contribution >= 0.6 is 0 Å². The SMILES string of the molecule is CC1(CCN)CN(C2CCCCC2)C(=O)CO1. The minimum absolute atomic E-state index is 0.159. The number of morpholine rings is 1. The lowest BCUT2D eigenvalue weighted by molar-refractivity contribution is -0.166. The minimum atomic E-state index is -0.236. The molecule has 1 unspecified atom stereocenters. The number of nitrogens with two attached hydrogens (primary N) is 1. The number of hydrogen-bond donors (Lipinski definition) is 1. The number of amides is 1. The van der Waals surface area contributed by atoms with Crippen LogP contribution in [-0.2, 0) is 9.53 Å². The smallest absolute Gasteiger partial charge is 0.248 e. The molecule has 0 radical (unpaired) electrons. The summed E-state index contributed by atoms with van der Waals surface area (Å²) in [5.41, 5.74) is 5.38. The molecule has 1 saturated heterocycles. The van der Waals surface area contributed by atoms with Crippen molar-refractivity contribution in [2.24, 2.45) is 5.73 Å². The largest absolute Gasteiger partial charge is 0.364 e. The van der Waals surface area contributed by atoms with Gasteiger partial charge in [-0.15, -0.1) is 0 Å². The van der Waals surface area contributed by atoms with Crippen molar-refractivity contribution < 1.29 is 9.53 Å². The monoisotopic (exact) mass is 240 g/mol. The van der Waals surface area contributed by atoms with Crippen LogP contribution in [0.2, 0.25) is 0 Å². The van der Waals surface area contributed by atoms with E-state index in [-0.39, 0.29) is 18.1 Å². The molecule has 2 fully saturated rings. The molecule has 0 bridgehead atoms. The lowest BCUT2D eigenvalue weighted by atomic mass is 9.91. The van der Waals surface area contributed by atoms with Gasteiger partial charge in [0.25, 0.3) is 0 Å². The molecule has 0 spiro atoms. The number of nitrogens with zero attached hydrogens (tertiary/aromatic N) is 1. The van der Waals surface area contributed by atoms with Gasteiger partial charge in [0.2, 0.25) is 5.91 Å². The maximum Gasteiger partial charge on any atom is 0.248 e. The molecule has 4 heteroatoms. The van der Waals surface area contributed by atoms with Gasteiger partial charge in [-0.2, -0.15) is 0 Å². The molecule has 1 saturated carbocycles. The van der Waals surface area contributed by atoms with Crippen LogP contribution < -0.4 is 5.73 Å².